The van der Waals surface area contributed by atoms with Crippen LogP contribution in [-0.4, -0.2) is 21.2 Å². The Morgan fingerprint density at radius 3 is 2.28 bits per heavy atom. The van der Waals surface area contributed by atoms with E-state index in [1.807, 2.05) is 32.2 Å². The van der Waals surface area contributed by atoms with Crippen molar-refractivity contribution in [2.45, 2.75) is 24.7 Å². The Bertz CT molecular complexity index is 537. The monoisotopic (exact) mass is 260 g/mol. The normalized spacial score (nSPS) is 10.9. The van der Waals surface area contributed by atoms with Crippen molar-refractivity contribution >= 4 is 17.7 Å². The van der Waals surface area contributed by atoms with E-state index in [0.29, 0.717) is 5.82 Å². The minimum Gasteiger partial charge on any atom is -0.368 e. The van der Waals surface area contributed by atoms with Gasteiger partial charge in [0.05, 0.1) is 0 Å². The van der Waals surface area contributed by atoms with Gasteiger partial charge in [-0.1, -0.05) is 26.0 Å². The molecular weight excluding hydrogens is 244 g/mol. The van der Waals surface area contributed by atoms with E-state index in [4.69, 9.17) is 5.73 Å². The molecule has 1 aromatic heterocycles. The molecule has 1 heterocycles. The topological polar surface area (TPSA) is 64.7 Å². The minimum absolute atomic E-state index is 0.236. The number of benzene rings is 1. The van der Waals surface area contributed by atoms with Crippen molar-refractivity contribution in [3.05, 3.63) is 30.1 Å². The fraction of sp³-hybridized carbons (Fsp3) is 0.308. The van der Waals surface area contributed by atoms with Crippen molar-refractivity contribution in [1.82, 2.24) is 15.0 Å². The zero-order chi connectivity index (χ0) is 13.1. The molecule has 5 heteroatoms. The van der Waals surface area contributed by atoms with Crippen LogP contribution < -0.4 is 5.73 Å². The first-order chi connectivity index (χ1) is 8.60. The van der Waals surface area contributed by atoms with E-state index in [-0.39, 0.29) is 11.9 Å². The Kier molecular flexibility index (Phi) is 3.81. The molecule has 0 atom stereocenters. The molecule has 0 aliphatic heterocycles. The van der Waals surface area contributed by atoms with Crippen LogP contribution in [0.3, 0.4) is 0 Å². The van der Waals surface area contributed by atoms with Crippen LogP contribution in [0.15, 0.2) is 29.2 Å². The Hall–Kier alpha value is -1.62. The van der Waals surface area contributed by atoms with Crippen molar-refractivity contribution in [2.24, 2.45) is 0 Å². The summed E-state index contributed by atoms with van der Waals surface area (Å²) in [6.45, 7) is 4.07. The van der Waals surface area contributed by atoms with Crippen LogP contribution in [0.1, 0.15) is 25.6 Å². The fourth-order valence-electron chi connectivity index (χ4n) is 1.54. The summed E-state index contributed by atoms with van der Waals surface area (Å²) >= 11 is 1.71. The van der Waals surface area contributed by atoms with E-state index in [9.17, 15) is 0 Å². The Morgan fingerprint density at radius 1 is 1.06 bits per heavy atom. The van der Waals surface area contributed by atoms with Crippen LogP contribution in [0.25, 0.3) is 11.4 Å². The molecule has 4 nitrogen and oxygen atoms in total. The van der Waals surface area contributed by atoms with Crippen molar-refractivity contribution in [3.63, 3.8) is 0 Å². The molecule has 18 heavy (non-hydrogen) atoms. The predicted molar refractivity (Wildman–Crippen MR) is 75.5 cm³/mol. The van der Waals surface area contributed by atoms with Gasteiger partial charge in [0.25, 0.3) is 0 Å². The molecule has 2 N–H and O–H groups in total. The van der Waals surface area contributed by atoms with Gasteiger partial charge in [0.15, 0.2) is 5.82 Å². The highest BCUT2D eigenvalue weighted by Gasteiger charge is 2.09. The third kappa shape index (κ3) is 2.79. The van der Waals surface area contributed by atoms with E-state index >= 15 is 0 Å². The molecule has 0 saturated heterocycles. The summed E-state index contributed by atoms with van der Waals surface area (Å²) in [6, 6.07) is 8.11. The number of rotatable bonds is 3. The molecule has 0 bridgehead atoms. The second-order valence-electron chi connectivity index (χ2n) is 4.26. The molecule has 0 fully saturated rings. The first-order valence-corrected chi connectivity index (χ1v) is 6.98. The van der Waals surface area contributed by atoms with Gasteiger partial charge in [-0.2, -0.15) is 9.97 Å². The molecule has 0 aliphatic rings. The first-order valence-electron chi connectivity index (χ1n) is 5.76. The minimum atomic E-state index is 0.236. The lowest BCUT2D eigenvalue weighted by molar-refractivity contribution is 0.767. The zero-order valence-corrected chi connectivity index (χ0v) is 11.5. The molecule has 94 valence electrons. The molecule has 0 unspecified atom stereocenters. The van der Waals surface area contributed by atoms with Gasteiger partial charge in [-0.3, -0.25) is 0 Å². The maximum atomic E-state index is 5.72. The van der Waals surface area contributed by atoms with E-state index in [1.54, 1.807) is 11.8 Å². The second-order valence-corrected chi connectivity index (χ2v) is 5.14. The van der Waals surface area contributed by atoms with Gasteiger partial charge in [0, 0.05) is 16.4 Å². The third-order valence-electron chi connectivity index (χ3n) is 2.53. The summed E-state index contributed by atoms with van der Waals surface area (Å²) in [6.07, 6.45) is 2.05. The van der Waals surface area contributed by atoms with Gasteiger partial charge in [-0.25, -0.2) is 4.98 Å². The van der Waals surface area contributed by atoms with Crippen molar-refractivity contribution in [1.29, 1.82) is 0 Å². The number of hydrogen-bond donors (Lipinski definition) is 1. The summed E-state index contributed by atoms with van der Waals surface area (Å²) in [5, 5.41) is 0. The van der Waals surface area contributed by atoms with Crippen LogP contribution in [0.5, 0.6) is 0 Å². The van der Waals surface area contributed by atoms with Crippen LogP contribution >= 0.6 is 11.8 Å². The lowest BCUT2D eigenvalue weighted by atomic mass is 10.2. The van der Waals surface area contributed by atoms with Gasteiger partial charge in [-0.15, -0.1) is 11.8 Å². The van der Waals surface area contributed by atoms with Crippen molar-refractivity contribution in [2.75, 3.05) is 12.0 Å². The summed E-state index contributed by atoms with van der Waals surface area (Å²) < 4.78 is 0. The number of nitrogen functional groups attached to an aromatic ring is 1. The predicted octanol–water partition coefficient (Wildman–Crippen LogP) is 2.97. The number of nitrogens with two attached hydrogens (primary N) is 1. The number of nitrogens with zero attached hydrogens (tertiary/aromatic N) is 3. The number of hydrogen-bond acceptors (Lipinski definition) is 5. The second kappa shape index (κ2) is 5.35. The highest BCUT2D eigenvalue weighted by Crippen LogP contribution is 2.22. The fourth-order valence-corrected chi connectivity index (χ4v) is 1.95. The van der Waals surface area contributed by atoms with Gasteiger partial charge in [0.2, 0.25) is 5.95 Å². The van der Waals surface area contributed by atoms with Crippen LogP contribution in [-0.2, 0) is 0 Å². The van der Waals surface area contributed by atoms with Gasteiger partial charge in [0.1, 0.15) is 5.82 Å². The smallest absolute Gasteiger partial charge is 0.223 e. The summed E-state index contributed by atoms with van der Waals surface area (Å²) in [5.41, 5.74) is 6.69. The first kappa shape index (κ1) is 12.8. The molecule has 0 aliphatic carbocycles. The number of thioether (sulfide) groups is 1. The van der Waals surface area contributed by atoms with E-state index in [0.717, 1.165) is 11.4 Å². The van der Waals surface area contributed by atoms with E-state index in [1.165, 1.54) is 4.90 Å². The SMILES string of the molecule is CSc1ccc(-c2nc(N)nc(C(C)C)n2)cc1. The third-order valence-corrected chi connectivity index (χ3v) is 3.28. The average Bonchev–Trinajstić information content (AvgIpc) is 2.38. The number of aromatic nitrogens is 3. The lowest BCUT2D eigenvalue weighted by Gasteiger charge is -2.07. The highest BCUT2D eigenvalue weighted by molar-refractivity contribution is 7.98. The Morgan fingerprint density at radius 2 is 1.72 bits per heavy atom. The van der Waals surface area contributed by atoms with Gasteiger partial charge < -0.3 is 5.73 Å². The van der Waals surface area contributed by atoms with Crippen LogP contribution in [0.4, 0.5) is 5.95 Å². The average molecular weight is 260 g/mol. The molecule has 2 aromatic rings. The lowest BCUT2D eigenvalue weighted by Crippen LogP contribution is -2.06. The van der Waals surface area contributed by atoms with Crippen molar-refractivity contribution in [3.8, 4) is 11.4 Å². The van der Waals surface area contributed by atoms with Crippen LogP contribution in [0.2, 0.25) is 0 Å². The maximum absolute atomic E-state index is 5.72. The maximum Gasteiger partial charge on any atom is 0.223 e. The summed E-state index contributed by atoms with van der Waals surface area (Å²) in [4.78, 5) is 14.0. The molecule has 1 aromatic carbocycles. The summed E-state index contributed by atoms with van der Waals surface area (Å²) in [7, 11) is 0. The molecule has 2 rings (SSSR count). The highest BCUT2D eigenvalue weighted by atomic mass is 32.2. The molecule has 0 spiro atoms. The van der Waals surface area contributed by atoms with Gasteiger partial charge in [-0.05, 0) is 18.4 Å². The van der Waals surface area contributed by atoms with Crippen molar-refractivity contribution < 1.29 is 0 Å². The Balaban J connectivity index is 2.42. The molecule has 0 radical (unpaired) electrons. The molecular formula is C13H16N4S. The molecule has 0 amide bonds. The Labute approximate surface area is 111 Å². The standard InChI is InChI=1S/C13H16N4S/c1-8(2)11-15-12(17-13(14)16-11)9-4-6-10(18-3)7-5-9/h4-8H,1-3H3,(H2,14,15,16,17). The quantitative estimate of drug-likeness (QED) is 0.859. The van der Waals surface area contributed by atoms with E-state index < -0.39 is 0 Å². The van der Waals surface area contributed by atoms with Crippen LogP contribution in [0, 0.1) is 0 Å². The van der Waals surface area contributed by atoms with Gasteiger partial charge >= 0.3 is 0 Å². The van der Waals surface area contributed by atoms with E-state index in [2.05, 4.69) is 27.1 Å². The zero-order valence-electron chi connectivity index (χ0n) is 10.7. The largest absolute Gasteiger partial charge is 0.368 e. The summed E-state index contributed by atoms with van der Waals surface area (Å²) in [5.74, 6) is 1.88. The number of anilines is 1. The molecule has 0 saturated carbocycles.